The van der Waals surface area contributed by atoms with E-state index < -0.39 is 49.5 Å². The van der Waals surface area contributed by atoms with Gasteiger partial charge in [-0.1, -0.05) is 206 Å². The number of aliphatic hydroxyl groups is 5. The molecule has 0 radical (unpaired) electrons. The molecule has 1 amide bonds. The number of ether oxygens (including phenoxy) is 2. The van der Waals surface area contributed by atoms with Gasteiger partial charge in [0.25, 0.3) is 0 Å². The molecule has 6 N–H and O–H groups in total. The number of aliphatic hydroxyl groups excluding tert-OH is 5. The van der Waals surface area contributed by atoms with Crippen molar-refractivity contribution in [2.75, 3.05) is 13.2 Å². The van der Waals surface area contributed by atoms with E-state index in [1.165, 1.54) is 154 Å². The summed E-state index contributed by atoms with van der Waals surface area (Å²) in [7, 11) is 0. The predicted octanol–water partition coefficient (Wildman–Crippen LogP) is 9.97. The van der Waals surface area contributed by atoms with Gasteiger partial charge in [-0.2, -0.15) is 0 Å². The summed E-state index contributed by atoms with van der Waals surface area (Å²) in [6.45, 7) is 6.14. The fraction of sp³-hybridized carbons (Fsp3) is 0.936. The van der Waals surface area contributed by atoms with E-state index in [0.717, 1.165) is 44.4 Å². The predicted molar refractivity (Wildman–Crippen MR) is 230 cm³/mol. The highest BCUT2D eigenvalue weighted by molar-refractivity contribution is 5.76. The Kier molecular flexibility index (Phi) is 35.0. The van der Waals surface area contributed by atoms with Crippen LogP contribution in [0.2, 0.25) is 0 Å². The van der Waals surface area contributed by atoms with Gasteiger partial charge < -0.3 is 40.3 Å². The van der Waals surface area contributed by atoms with Gasteiger partial charge in [0.2, 0.25) is 5.91 Å². The zero-order valence-corrected chi connectivity index (χ0v) is 36.6. The van der Waals surface area contributed by atoms with Gasteiger partial charge in [0.05, 0.1) is 25.4 Å². The molecule has 8 atom stereocenters. The van der Waals surface area contributed by atoms with Crippen molar-refractivity contribution < 1.29 is 39.8 Å². The third kappa shape index (κ3) is 27.6. The summed E-state index contributed by atoms with van der Waals surface area (Å²) in [5.74, 6) is 0.669. The second kappa shape index (κ2) is 37.0. The van der Waals surface area contributed by atoms with Crippen molar-refractivity contribution in [1.82, 2.24) is 5.32 Å². The van der Waals surface area contributed by atoms with E-state index in [1.807, 2.05) is 6.08 Å². The monoisotopic (exact) mass is 798 g/mol. The molecule has 1 aliphatic rings. The topological polar surface area (TPSA) is 149 Å². The van der Waals surface area contributed by atoms with Crippen LogP contribution in [0.5, 0.6) is 0 Å². The Labute approximate surface area is 344 Å². The van der Waals surface area contributed by atoms with Crippen LogP contribution in [0.3, 0.4) is 0 Å². The van der Waals surface area contributed by atoms with Crippen LogP contribution >= 0.6 is 0 Å². The molecule has 1 aliphatic heterocycles. The van der Waals surface area contributed by atoms with Gasteiger partial charge in [-0.3, -0.25) is 4.79 Å². The number of rotatable bonds is 39. The van der Waals surface area contributed by atoms with Crippen LogP contribution in [0.4, 0.5) is 0 Å². The maximum atomic E-state index is 13.0. The molecule has 1 heterocycles. The first kappa shape index (κ1) is 52.9. The molecule has 0 aromatic rings. The van der Waals surface area contributed by atoms with E-state index in [9.17, 15) is 30.3 Å². The second-order valence-electron chi connectivity index (χ2n) is 17.2. The summed E-state index contributed by atoms with van der Waals surface area (Å²) in [6, 6.07) is -0.799. The zero-order chi connectivity index (χ0) is 41.1. The van der Waals surface area contributed by atoms with Gasteiger partial charge in [0, 0.05) is 6.42 Å². The smallest absolute Gasteiger partial charge is 0.220 e. The number of carbonyl (C=O) groups excluding carboxylic acids is 1. The van der Waals surface area contributed by atoms with Crippen molar-refractivity contribution in [3.63, 3.8) is 0 Å². The Morgan fingerprint density at radius 3 is 1.61 bits per heavy atom. The van der Waals surface area contributed by atoms with Crippen molar-refractivity contribution in [2.45, 2.75) is 263 Å². The van der Waals surface area contributed by atoms with Crippen molar-refractivity contribution in [2.24, 2.45) is 5.92 Å². The van der Waals surface area contributed by atoms with Crippen molar-refractivity contribution in [1.29, 1.82) is 0 Å². The van der Waals surface area contributed by atoms with Gasteiger partial charge in [-0.15, -0.1) is 0 Å². The molecule has 1 unspecified atom stereocenters. The lowest BCUT2D eigenvalue weighted by molar-refractivity contribution is -0.302. The van der Waals surface area contributed by atoms with Crippen LogP contribution in [0.1, 0.15) is 220 Å². The number of hydrogen-bond acceptors (Lipinski definition) is 8. The Morgan fingerprint density at radius 1 is 0.661 bits per heavy atom. The van der Waals surface area contributed by atoms with Crippen molar-refractivity contribution in [3.05, 3.63) is 12.2 Å². The average Bonchev–Trinajstić information content (AvgIpc) is 3.20. The molecule has 0 aromatic carbocycles. The number of hydrogen-bond donors (Lipinski definition) is 6. The fourth-order valence-electron chi connectivity index (χ4n) is 7.66. The average molecular weight is 798 g/mol. The quantitative estimate of drug-likeness (QED) is 0.0266. The summed E-state index contributed by atoms with van der Waals surface area (Å²) in [5.41, 5.74) is 0. The van der Waals surface area contributed by atoms with Crippen LogP contribution in [0, 0.1) is 5.92 Å². The molecule has 9 heteroatoms. The molecule has 9 nitrogen and oxygen atoms in total. The molecule has 0 aliphatic carbocycles. The minimum absolute atomic E-state index is 0.174. The van der Waals surface area contributed by atoms with E-state index in [0.29, 0.717) is 6.42 Å². The Hall–Kier alpha value is -1.07. The normalized spacial score (nSPS) is 21.8. The Morgan fingerprint density at radius 2 is 1.12 bits per heavy atom. The Bertz CT molecular complexity index is 903. The molecule has 0 aromatic heterocycles. The molecule has 332 valence electrons. The number of nitrogens with one attached hydrogen (secondary N) is 1. The van der Waals surface area contributed by atoms with Crippen LogP contribution in [-0.4, -0.2) is 87.5 Å². The van der Waals surface area contributed by atoms with Gasteiger partial charge in [-0.05, 0) is 25.2 Å². The van der Waals surface area contributed by atoms with Crippen molar-refractivity contribution >= 4 is 5.91 Å². The standard InChI is InChI=1S/C47H91NO8/c1-4-6-7-8-9-10-11-12-13-14-15-16-17-18-19-24-27-30-33-36-43(51)48-40(38-55-47-46(54)45(53)44(52)42(37-49)56-47)41(50)35-32-29-26-23-21-20-22-25-28-31-34-39(3)5-2/h32,35,39-42,44-47,49-50,52-54H,4-31,33-34,36-38H2,1-3H3,(H,48,51)/b35-32+/t39?,40-,41+,42+,44+,45-,46+,47+/m0/s1. The van der Waals surface area contributed by atoms with E-state index in [-0.39, 0.29) is 12.5 Å². The van der Waals surface area contributed by atoms with Crippen molar-refractivity contribution in [3.8, 4) is 0 Å². The lowest BCUT2D eigenvalue weighted by Crippen LogP contribution is -2.60. The summed E-state index contributed by atoms with van der Waals surface area (Å²) >= 11 is 0. The maximum absolute atomic E-state index is 13.0. The minimum atomic E-state index is -1.56. The van der Waals surface area contributed by atoms with Crippen LogP contribution in [-0.2, 0) is 14.3 Å². The van der Waals surface area contributed by atoms with E-state index in [2.05, 4.69) is 26.1 Å². The first-order valence-corrected chi connectivity index (χ1v) is 23.8. The summed E-state index contributed by atoms with van der Waals surface area (Å²) < 4.78 is 11.2. The molecule has 56 heavy (non-hydrogen) atoms. The van der Waals surface area contributed by atoms with E-state index in [1.54, 1.807) is 6.08 Å². The van der Waals surface area contributed by atoms with E-state index >= 15 is 0 Å². The van der Waals surface area contributed by atoms with Crippen LogP contribution in [0.15, 0.2) is 12.2 Å². The third-order valence-electron chi connectivity index (χ3n) is 11.9. The minimum Gasteiger partial charge on any atom is -0.394 e. The summed E-state index contributed by atoms with van der Waals surface area (Å²) in [5, 5.41) is 54.2. The summed E-state index contributed by atoms with van der Waals surface area (Å²) in [4.78, 5) is 13.0. The molecule has 0 spiro atoms. The summed E-state index contributed by atoms with van der Waals surface area (Å²) in [6.07, 6.45) is 33.9. The van der Waals surface area contributed by atoms with Crippen LogP contribution < -0.4 is 5.32 Å². The van der Waals surface area contributed by atoms with Gasteiger partial charge in [0.1, 0.15) is 24.4 Å². The Balaban J connectivity index is 2.32. The highest BCUT2D eigenvalue weighted by atomic mass is 16.7. The highest BCUT2D eigenvalue weighted by Crippen LogP contribution is 2.23. The SMILES string of the molecule is CCCCCCCCCCCCCCCCCCCCCC(=O)N[C@@H](CO[C@@H]1O[C@H](CO)[C@@H](O)[C@H](O)[C@H]1O)[C@H](O)/C=C/CCCCCCCCCCC(C)CC. The molecular weight excluding hydrogens is 707 g/mol. The molecule has 1 fully saturated rings. The van der Waals surface area contributed by atoms with Crippen LogP contribution in [0.25, 0.3) is 0 Å². The highest BCUT2D eigenvalue weighted by Gasteiger charge is 2.44. The fourth-order valence-corrected chi connectivity index (χ4v) is 7.66. The zero-order valence-electron chi connectivity index (χ0n) is 36.6. The first-order valence-electron chi connectivity index (χ1n) is 23.8. The van der Waals surface area contributed by atoms with Gasteiger partial charge in [0.15, 0.2) is 6.29 Å². The third-order valence-corrected chi connectivity index (χ3v) is 11.9. The second-order valence-corrected chi connectivity index (χ2v) is 17.2. The van der Waals surface area contributed by atoms with Gasteiger partial charge in [-0.25, -0.2) is 0 Å². The largest absolute Gasteiger partial charge is 0.394 e. The molecule has 1 saturated heterocycles. The lowest BCUT2D eigenvalue weighted by atomic mass is 9.99. The molecule has 0 saturated carbocycles. The number of carbonyl (C=O) groups is 1. The molecular formula is C47H91NO8. The molecule has 0 bridgehead atoms. The number of allylic oxidation sites excluding steroid dienone is 1. The molecule has 1 rings (SSSR count). The van der Waals surface area contributed by atoms with Gasteiger partial charge >= 0.3 is 0 Å². The first-order chi connectivity index (χ1) is 27.2. The number of unbranched alkanes of at least 4 members (excludes halogenated alkanes) is 26. The lowest BCUT2D eigenvalue weighted by Gasteiger charge is -2.40. The number of amides is 1. The van der Waals surface area contributed by atoms with E-state index in [4.69, 9.17) is 9.47 Å². The maximum Gasteiger partial charge on any atom is 0.220 e.